The molecule has 0 aromatic carbocycles. The van der Waals surface area contributed by atoms with Crippen LogP contribution in [0.15, 0.2) is 0 Å². The Morgan fingerprint density at radius 1 is 1.40 bits per heavy atom. The fraction of sp³-hybridized carbons (Fsp3) is 0.857. The second-order valence-corrected chi connectivity index (χ2v) is 6.86. The van der Waals surface area contributed by atoms with Gasteiger partial charge < -0.3 is 20.1 Å². The predicted octanol–water partition coefficient (Wildman–Crippen LogP) is 1.03. The van der Waals surface area contributed by atoms with E-state index in [2.05, 4.69) is 5.32 Å². The number of aliphatic hydroxyl groups is 1. The zero-order chi connectivity index (χ0) is 15.0. The minimum Gasteiger partial charge on any atom is -0.444 e. The van der Waals surface area contributed by atoms with E-state index in [1.165, 1.54) is 0 Å². The van der Waals surface area contributed by atoms with Gasteiger partial charge in [0.2, 0.25) is 5.91 Å². The van der Waals surface area contributed by atoms with Crippen molar-refractivity contribution in [3.8, 4) is 0 Å². The smallest absolute Gasteiger partial charge is 0.410 e. The molecule has 2 saturated heterocycles. The summed E-state index contributed by atoms with van der Waals surface area (Å²) in [5.41, 5.74) is -0.852. The Morgan fingerprint density at radius 2 is 2.00 bits per heavy atom. The van der Waals surface area contributed by atoms with E-state index < -0.39 is 11.7 Å². The molecule has 2 aliphatic heterocycles. The molecule has 1 atom stereocenters. The summed E-state index contributed by atoms with van der Waals surface area (Å²) in [5, 5.41) is 12.8. The molecule has 0 aliphatic carbocycles. The summed E-state index contributed by atoms with van der Waals surface area (Å²) in [6.07, 6.45) is 1.19. The van der Waals surface area contributed by atoms with Crippen LogP contribution in [-0.2, 0) is 9.53 Å². The number of ether oxygens (including phenoxy) is 1. The van der Waals surface area contributed by atoms with E-state index in [9.17, 15) is 14.7 Å². The van der Waals surface area contributed by atoms with E-state index in [0.29, 0.717) is 32.4 Å². The van der Waals surface area contributed by atoms with E-state index in [1.54, 1.807) is 4.90 Å². The van der Waals surface area contributed by atoms with Crippen LogP contribution in [0.3, 0.4) is 0 Å². The van der Waals surface area contributed by atoms with E-state index in [1.807, 2.05) is 20.8 Å². The second kappa shape index (κ2) is 5.24. The maximum Gasteiger partial charge on any atom is 0.410 e. The number of hydrogen-bond acceptors (Lipinski definition) is 4. The van der Waals surface area contributed by atoms with Gasteiger partial charge in [0.05, 0.1) is 12.5 Å². The molecule has 2 rings (SSSR count). The number of nitrogens with one attached hydrogen (secondary N) is 1. The maximum absolute atomic E-state index is 12.0. The number of hydrogen-bond donors (Lipinski definition) is 2. The molecule has 6 heteroatoms. The van der Waals surface area contributed by atoms with E-state index >= 15 is 0 Å². The van der Waals surface area contributed by atoms with Gasteiger partial charge >= 0.3 is 6.09 Å². The van der Waals surface area contributed by atoms with Gasteiger partial charge in [-0.15, -0.1) is 0 Å². The standard InChI is InChI=1S/C14H24N2O4/c1-13(2,3)20-12(19)16-6-4-14(5-7-16)9-10(17)8-11(18)15-14/h10,17H,4-9H2,1-3H3,(H,15,18). The third-order valence-electron chi connectivity index (χ3n) is 3.82. The van der Waals surface area contributed by atoms with Gasteiger partial charge in [0.1, 0.15) is 5.60 Å². The topological polar surface area (TPSA) is 78.9 Å². The van der Waals surface area contributed by atoms with Crippen molar-refractivity contribution in [1.82, 2.24) is 10.2 Å². The Hall–Kier alpha value is -1.30. The lowest BCUT2D eigenvalue weighted by Crippen LogP contribution is -2.60. The van der Waals surface area contributed by atoms with Crippen molar-refractivity contribution in [1.29, 1.82) is 0 Å². The first-order chi connectivity index (χ1) is 9.19. The molecule has 2 fully saturated rings. The van der Waals surface area contributed by atoms with Crippen molar-refractivity contribution in [3.05, 3.63) is 0 Å². The van der Waals surface area contributed by atoms with Crippen LogP contribution in [0.2, 0.25) is 0 Å². The third-order valence-corrected chi connectivity index (χ3v) is 3.82. The highest BCUT2D eigenvalue weighted by molar-refractivity contribution is 5.78. The zero-order valence-corrected chi connectivity index (χ0v) is 12.4. The van der Waals surface area contributed by atoms with Crippen molar-refractivity contribution in [2.45, 2.75) is 63.7 Å². The van der Waals surface area contributed by atoms with Crippen molar-refractivity contribution < 1.29 is 19.4 Å². The fourth-order valence-corrected chi connectivity index (χ4v) is 2.91. The molecule has 114 valence electrons. The van der Waals surface area contributed by atoms with Gasteiger partial charge in [-0.2, -0.15) is 0 Å². The summed E-state index contributed by atoms with van der Waals surface area (Å²) < 4.78 is 5.35. The van der Waals surface area contributed by atoms with Gasteiger partial charge in [-0.1, -0.05) is 0 Å². The Balaban J connectivity index is 1.92. The SMILES string of the molecule is CC(C)(C)OC(=O)N1CCC2(CC1)CC(O)CC(=O)N2. The summed E-state index contributed by atoms with van der Waals surface area (Å²) in [4.78, 5) is 25.2. The number of amides is 2. The molecule has 0 saturated carbocycles. The number of aliphatic hydroxyl groups excluding tert-OH is 1. The molecule has 6 nitrogen and oxygen atoms in total. The average molecular weight is 284 g/mol. The average Bonchev–Trinajstić information content (AvgIpc) is 2.25. The minimum absolute atomic E-state index is 0.102. The van der Waals surface area contributed by atoms with Crippen LogP contribution in [0.1, 0.15) is 46.5 Å². The summed E-state index contributed by atoms with van der Waals surface area (Å²) in [5.74, 6) is -0.102. The van der Waals surface area contributed by atoms with Crippen LogP contribution in [0, 0.1) is 0 Å². The Morgan fingerprint density at radius 3 is 2.50 bits per heavy atom. The molecule has 20 heavy (non-hydrogen) atoms. The van der Waals surface area contributed by atoms with Gasteiger partial charge in [0.15, 0.2) is 0 Å². The molecule has 0 aromatic rings. The number of carbonyl (C=O) groups is 2. The molecule has 0 aromatic heterocycles. The Kier molecular flexibility index (Phi) is 3.95. The summed E-state index contributed by atoms with van der Waals surface area (Å²) in [6.45, 7) is 6.61. The van der Waals surface area contributed by atoms with Crippen LogP contribution >= 0.6 is 0 Å². The first-order valence-electron chi connectivity index (χ1n) is 7.16. The van der Waals surface area contributed by atoms with Crippen LogP contribution in [0.4, 0.5) is 4.79 Å². The molecular weight excluding hydrogens is 260 g/mol. The fourth-order valence-electron chi connectivity index (χ4n) is 2.91. The largest absolute Gasteiger partial charge is 0.444 e. The number of rotatable bonds is 0. The predicted molar refractivity (Wildman–Crippen MR) is 73.2 cm³/mol. The lowest BCUT2D eigenvalue weighted by molar-refractivity contribution is -0.130. The van der Waals surface area contributed by atoms with Crippen LogP contribution in [0.5, 0.6) is 0 Å². The monoisotopic (exact) mass is 284 g/mol. The number of likely N-dealkylation sites (tertiary alicyclic amines) is 1. The number of carbonyl (C=O) groups excluding carboxylic acids is 2. The third kappa shape index (κ3) is 3.62. The van der Waals surface area contributed by atoms with Crippen LogP contribution in [-0.4, -0.2) is 52.3 Å². The Bertz CT molecular complexity index is 394. The van der Waals surface area contributed by atoms with Gasteiger partial charge in [0, 0.05) is 18.6 Å². The highest BCUT2D eigenvalue weighted by Gasteiger charge is 2.42. The molecule has 1 spiro atoms. The van der Waals surface area contributed by atoms with E-state index in [4.69, 9.17) is 4.74 Å². The van der Waals surface area contributed by atoms with Crippen molar-refractivity contribution in [2.24, 2.45) is 0 Å². The lowest BCUT2D eigenvalue weighted by atomic mass is 9.79. The highest BCUT2D eigenvalue weighted by Crippen LogP contribution is 2.31. The lowest BCUT2D eigenvalue weighted by Gasteiger charge is -2.45. The molecule has 0 radical (unpaired) electrons. The first-order valence-corrected chi connectivity index (χ1v) is 7.16. The van der Waals surface area contributed by atoms with Crippen LogP contribution in [0.25, 0.3) is 0 Å². The van der Waals surface area contributed by atoms with Crippen molar-refractivity contribution in [3.63, 3.8) is 0 Å². The second-order valence-electron chi connectivity index (χ2n) is 6.86. The summed E-state index contributed by atoms with van der Waals surface area (Å²) in [7, 11) is 0. The van der Waals surface area contributed by atoms with Crippen molar-refractivity contribution in [2.75, 3.05) is 13.1 Å². The van der Waals surface area contributed by atoms with E-state index in [-0.39, 0.29) is 24.0 Å². The normalized spacial score (nSPS) is 26.3. The molecule has 2 heterocycles. The highest BCUT2D eigenvalue weighted by atomic mass is 16.6. The van der Waals surface area contributed by atoms with Gasteiger partial charge in [-0.25, -0.2) is 4.79 Å². The van der Waals surface area contributed by atoms with Gasteiger partial charge in [0.25, 0.3) is 0 Å². The molecule has 0 bridgehead atoms. The van der Waals surface area contributed by atoms with Crippen molar-refractivity contribution >= 4 is 12.0 Å². The van der Waals surface area contributed by atoms with Gasteiger partial charge in [-0.05, 0) is 40.0 Å². The first kappa shape index (κ1) is 15.1. The molecule has 2 N–H and O–H groups in total. The molecular formula is C14H24N2O4. The molecule has 2 amide bonds. The number of piperidine rings is 2. The minimum atomic E-state index is -0.572. The Labute approximate surface area is 119 Å². The maximum atomic E-state index is 12.0. The zero-order valence-electron chi connectivity index (χ0n) is 12.4. The summed E-state index contributed by atoms with van der Waals surface area (Å²) >= 11 is 0. The molecule has 2 aliphatic rings. The molecule has 1 unspecified atom stereocenters. The quantitative estimate of drug-likeness (QED) is 0.696. The summed E-state index contributed by atoms with van der Waals surface area (Å²) in [6, 6.07) is 0. The van der Waals surface area contributed by atoms with E-state index in [0.717, 1.165) is 0 Å². The van der Waals surface area contributed by atoms with Gasteiger partial charge in [-0.3, -0.25) is 4.79 Å². The van der Waals surface area contributed by atoms with Crippen LogP contribution < -0.4 is 5.32 Å². The number of nitrogens with zero attached hydrogens (tertiary/aromatic N) is 1.